The molecule has 0 N–H and O–H groups in total. The monoisotopic (exact) mass is 265 g/mol. The summed E-state index contributed by atoms with van der Waals surface area (Å²) >= 11 is 0. The molecule has 2 aromatic rings. The molecule has 0 bridgehead atoms. The van der Waals surface area contributed by atoms with E-state index >= 15 is 0 Å². The van der Waals surface area contributed by atoms with Gasteiger partial charge in [0.15, 0.2) is 0 Å². The zero-order chi connectivity index (χ0) is 14.4. The fourth-order valence-electron chi connectivity index (χ4n) is 1.94. The normalized spacial score (nSPS) is 9.80. The Bertz CT molecular complexity index is 656. The molecule has 20 heavy (non-hydrogen) atoms. The average molecular weight is 265 g/mol. The highest BCUT2D eigenvalue weighted by Gasteiger charge is 2.10. The lowest BCUT2D eigenvalue weighted by atomic mass is 10.1. The average Bonchev–Trinajstić information content (AvgIpc) is 2.52. The molecule has 3 heteroatoms. The van der Waals surface area contributed by atoms with Gasteiger partial charge in [0.05, 0.1) is 0 Å². The minimum atomic E-state index is -0.536. The SMILES string of the molecule is CCc1cccc(OCc2ccccc2C(=O)C#N)c1. The summed E-state index contributed by atoms with van der Waals surface area (Å²) in [6.07, 6.45) is 0.945. The molecule has 0 spiro atoms. The quantitative estimate of drug-likeness (QED) is 0.613. The van der Waals surface area contributed by atoms with E-state index in [0.29, 0.717) is 5.56 Å². The summed E-state index contributed by atoms with van der Waals surface area (Å²) in [5, 5.41) is 8.73. The lowest BCUT2D eigenvalue weighted by molar-refractivity contribution is 0.105. The molecular weight excluding hydrogens is 250 g/mol. The summed E-state index contributed by atoms with van der Waals surface area (Å²) in [6, 6.07) is 16.5. The van der Waals surface area contributed by atoms with E-state index in [1.807, 2.05) is 30.3 Å². The van der Waals surface area contributed by atoms with Crippen molar-refractivity contribution in [3.63, 3.8) is 0 Å². The number of aryl methyl sites for hydroxylation is 1. The highest BCUT2D eigenvalue weighted by atomic mass is 16.5. The van der Waals surface area contributed by atoms with Crippen LogP contribution in [0.5, 0.6) is 5.75 Å². The molecule has 0 heterocycles. The van der Waals surface area contributed by atoms with Gasteiger partial charge in [-0.3, -0.25) is 4.79 Å². The molecule has 0 atom stereocenters. The Kier molecular flexibility index (Phi) is 4.52. The Balaban J connectivity index is 2.15. The third-order valence-electron chi connectivity index (χ3n) is 3.06. The van der Waals surface area contributed by atoms with E-state index in [9.17, 15) is 4.79 Å². The predicted molar refractivity (Wildman–Crippen MR) is 76.5 cm³/mol. The lowest BCUT2D eigenvalue weighted by Crippen LogP contribution is -2.04. The first-order valence-electron chi connectivity index (χ1n) is 6.48. The van der Waals surface area contributed by atoms with E-state index in [2.05, 4.69) is 6.92 Å². The first-order valence-corrected chi connectivity index (χ1v) is 6.48. The van der Waals surface area contributed by atoms with Gasteiger partial charge in [-0.1, -0.05) is 37.3 Å². The van der Waals surface area contributed by atoms with Gasteiger partial charge >= 0.3 is 0 Å². The largest absolute Gasteiger partial charge is 0.489 e. The molecule has 0 aliphatic rings. The summed E-state index contributed by atoms with van der Waals surface area (Å²) in [6.45, 7) is 2.36. The summed E-state index contributed by atoms with van der Waals surface area (Å²) in [7, 11) is 0. The summed E-state index contributed by atoms with van der Waals surface area (Å²) in [5.74, 6) is 0.232. The van der Waals surface area contributed by atoms with E-state index in [0.717, 1.165) is 17.7 Å². The maximum Gasteiger partial charge on any atom is 0.262 e. The van der Waals surface area contributed by atoms with Crippen LogP contribution in [-0.2, 0) is 13.0 Å². The minimum absolute atomic E-state index is 0.275. The van der Waals surface area contributed by atoms with Gasteiger partial charge in [0.25, 0.3) is 5.78 Å². The highest BCUT2D eigenvalue weighted by molar-refractivity contribution is 6.08. The Morgan fingerprint density at radius 1 is 1.20 bits per heavy atom. The number of Topliss-reactive ketones (excluding diaryl/α,β-unsaturated/α-hetero) is 1. The lowest BCUT2D eigenvalue weighted by Gasteiger charge is -2.09. The van der Waals surface area contributed by atoms with E-state index in [4.69, 9.17) is 10.00 Å². The van der Waals surface area contributed by atoms with Crippen molar-refractivity contribution in [2.24, 2.45) is 0 Å². The molecule has 0 saturated heterocycles. The van der Waals surface area contributed by atoms with Crippen LogP contribution in [0.3, 0.4) is 0 Å². The van der Waals surface area contributed by atoms with Crippen LogP contribution in [0.25, 0.3) is 0 Å². The third-order valence-corrected chi connectivity index (χ3v) is 3.06. The van der Waals surface area contributed by atoms with Gasteiger partial charge in [-0.2, -0.15) is 5.26 Å². The van der Waals surface area contributed by atoms with Crippen molar-refractivity contribution in [3.8, 4) is 11.8 Å². The van der Waals surface area contributed by atoms with Crippen LogP contribution in [0.4, 0.5) is 0 Å². The van der Waals surface area contributed by atoms with Gasteiger partial charge in [0.2, 0.25) is 0 Å². The molecule has 0 saturated carbocycles. The molecule has 3 nitrogen and oxygen atoms in total. The third kappa shape index (κ3) is 3.24. The van der Waals surface area contributed by atoms with Crippen LogP contribution in [-0.4, -0.2) is 5.78 Å². The van der Waals surface area contributed by atoms with Gasteiger partial charge < -0.3 is 4.74 Å². The Labute approximate surface area is 118 Å². The van der Waals surface area contributed by atoms with E-state index in [1.165, 1.54) is 5.56 Å². The van der Waals surface area contributed by atoms with Crippen molar-refractivity contribution < 1.29 is 9.53 Å². The first-order chi connectivity index (χ1) is 9.74. The van der Waals surface area contributed by atoms with Crippen molar-refractivity contribution in [3.05, 3.63) is 65.2 Å². The van der Waals surface area contributed by atoms with Crippen molar-refractivity contribution in [1.82, 2.24) is 0 Å². The Hall–Kier alpha value is -2.60. The molecule has 2 aromatic carbocycles. The van der Waals surface area contributed by atoms with Crippen LogP contribution in [0.15, 0.2) is 48.5 Å². The van der Waals surface area contributed by atoms with Gasteiger partial charge in [-0.15, -0.1) is 0 Å². The Morgan fingerprint density at radius 3 is 2.75 bits per heavy atom. The smallest absolute Gasteiger partial charge is 0.262 e. The maximum absolute atomic E-state index is 11.5. The zero-order valence-corrected chi connectivity index (χ0v) is 11.3. The molecular formula is C17H15NO2. The maximum atomic E-state index is 11.5. The standard InChI is InChI=1S/C17H15NO2/c1-2-13-6-5-8-15(10-13)20-12-14-7-3-4-9-16(14)17(19)11-18/h3-10H,2,12H2,1H3. The molecule has 0 radical (unpaired) electrons. The van der Waals surface area contributed by atoms with Gasteiger partial charge in [0.1, 0.15) is 18.4 Å². The highest BCUT2D eigenvalue weighted by Crippen LogP contribution is 2.17. The second-order valence-electron chi connectivity index (χ2n) is 4.39. The number of benzene rings is 2. The molecule has 0 aliphatic heterocycles. The summed E-state index contributed by atoms with van der Waals surface area (Å²) in [5.41, 5.74) is 2.33. The van der Waals surface area contributed by atoms with Crippen molar-refractivity contribution in [2.45, 2.75) is 20.0 Å². The van der Waals surface area contributed by atoms with Crippen molar-refractivity contribution in [1.29, 1.82) is 5.26 Å². The van der Waals surface area contributed by atoms with Crippen LogP contribution >= 0.6 is 0 Å². The van der Waals surface area contributed by atoms with E-state index < -0.39 is 5.78 Å². The number of rotatable bonds is 5. The second-order valence-corrected chi connectivity index (χ2v) is 4.39. The summed E-state index contributed by atoms with van der Waals surface area (Å²) < 4.78 is 5.71. The number of ketones is 1. The number of carbonyl (C=O) groups excluding carboxylic acids is 1. The van der Waals surface area contributed by atoms with Crippen LogP contribution in [0.2, 0.25) is 0 Å². The van der Waals surface area contributed by atoms with Crippen LogP contribution in [0.1, 0.15) is 28.4 Å². The van der Waals surface area contributed by atoms with Gasteiger partial charge in [-0.25, -0.2) is 0 Å². The van der Waals surface area contributed by atoms with Crippen molar-refractivity contribution >= 4 is 5.78 Å². The molecule has 0 amide bonds. The second kappa shape index (κ2) is 6.53. The minimum Gasteiger partial charge on any atom is -0.489 e. The van der Waals surface area contributed by atoms with Crippen LogP contribution in [0, 0.1) is 11.3 Å². The molecule has 0 fully saturated rings. The van der Waals surface area contributed by atoms with Crippen LogP contribution < -0.4 is 4.74 Å². The number of carbonyl (C=O) groups is 1. The first kappa shape index (κ1) is 13.8. The number of hydrogen-bond donors (Lipinski definition) is 0. The number of nitriles is 1. The molecule has 100 valence electrons. The number of ether oxygens (including phenoxy) is 1. The van der Waals surface area contributed by atoms with Gasteiger partial charge in [-0.05, 0) is 30.2 Å². The fourth-order valence-corrected chi connectivity index (χ4v) is 1.94. The van der Waals surface area contributed by atoms with E-state index in [1.54, 1.807) is 24.3 Å². The number of nitrogens with zero attached hydrogens (tertiary/aromatic N) is 1. The number of hydrogen-bond acceptors (Lipinski definition) is 3. The van der Waals surface area contributed by atoms with E-state index in [-0.39, 0.29) is 6.61 Å². The molecule has 0 unspecified atom stereocenters. The fraction of sp³-hybridized carbons (Fsp3) is 0.176. The molecule has 0 aliphatic carbocycles. The summed E-state index contributed by atoms with van der Waals surface area (Å²) in [4.78, 5) is 11.5. The topological polar surface area (TPSA) is 50.1 Å². The Morgan fingerprint density at radius 2 is 2.00 bits per heavy atom. The predicted octanol–water partition coefficient (Wildman–Crippen LogP) is 3.53. The molecule has 0 aromatic heterocycles. The zero-order valence-electron chi connectivity index (χ0n) is 11.3. The van der Waals surface area contributed by atoms with Gasteiger partial charge in [0, 0.05) is 11.1 Å². The van der Waals surface area contributed by atoms with Crippen molar-refractivity contribution in [2.75, 3.05) is 0 Å². The molecule has 2 rings (SSSR count).